The summed E-state index contributed by atoms with van der Waals surface area (Å²) in [5.74, 6) is 1.76. The van der Waals surface area contributed by atoms with Gasteiger partial charge in [0.1, 0.15) is 12.1 Å². The van der Waals surface area contributed by atoms with Gasteiger partial charge in [0.05, 0.1) is 5.38 Å². The highest BCUT2D eigenvalue weighted by molar-refractivity contribution is 6.21. The van der Waals surface area contributed by atoms with Gasteiger partial charge in [-0.1, -0.05) is 6.92 Å². The van der Waals surface area contributed by atoms with Crippen LogP contribution in [0.5, 0.6) is 0 Å². The Morgan fingerprint density at radius 2 is 2.11 bits per heavy atom. The van der Waals surface area contributed by atoms with Crippen molar-refractivity contribution >= 4 is 17.4 Å². The fraction of sp³-hybridized carbons (Fsp3) is 0.714. The fourth-order valence-corrected chi connectivity index (χ4v) is 3.28. The van der Waals surface area contributed by atoms with Gasteiger partial charge in [0.25, 0.3) is 0 Å². The van der Waals surface area contributed by atoms with Gasteiger partial charge < -0.3 is 4.90 Å². The Labute approximate surface area is 114 Å². The van der Waals surface area contributed by atoms with Gasteiger partial charge >= 0.3 is 0 Å². The SMILES string of the molecule is CC1CCN(c2ncnc3c2CCCC3)CC1Cl. The molecule has 1 aliphatic heterocycles. The number of alkyl halides is 1. The first-order valence-electron chi connectivity index (χ1n) is 6.97. The fourth-order valence-electron chi connectivity index (χ4n) is 2.99. The Hall–Kier alpha value is -0.830. The van der Waals surface area contributed by atoms with Gasteiger partial charge in [-0.15, -0.1) is 11.6 Å². The molecule has 2 atom stereocenters. The van der Waals surface area contributed by atoms with E-state index in [9.17, 15) is 0 Å². The second kappa shape index (κ2) is 5.04. The van der Waals surface area contributed by atoms with Gasteiger partial charge in [0.15, 0.2) is 0 Å². The van der Waals surface area contributed by atoms with Gasteiger partial charge in [0.2, 0.25) is 0 Å². The maximum atomic E-state index is 6.41. The molecule has 3 nitrogen and oxygen atoms in total. The summed E-state index contributed by atoms with van der Waals surface area (Å²) in [5, 5.41) is 0.243. The Balaban J connectivity index is 1.88. The van der Waals surface area contributed by atoms with Crippen molar-refractivity contribution < 1.29 is 0 Å². The molecule has 1 saturated heterocycles. The number of aromatic nitrogens is 2. The predicted octanol–water partition coefficient (Wildman–Crippen LogP) is 2.81. The van der Waals surface area contributed by atoms with Gasteiger partial charge in [-0.05, 0) is 38.0 Å². The molecular weight excluding hydrogens is 246 g/mol. The van der Waals surface area contributed by atoms with Crippen molar-refractivity contribution in [2.45, 2.75) is 44.4 Å². The van der Waals surface area contributed by atoms with Gasteiger partial charge in [-0.2, -0.15) is 0 Å². The summed E-state index contributed by atoms with van der Waals surface area (Å²) < 4.78 is 0. The Morgan fingerprint density at radius 1 is 1.28 bits per heavy atom. The number of halogens is 1. The average molecular weight is 266 g/mol. The molecule has 0 spiro atoms. The molecule has 1 aliphatic carbocycles. The van der Waals surface area contributed by atoms with Crippen molar-refractivity contribution in [1.82, 2.24) is 9.97 Å². The molecule has 2 heterocycles. The topological polar surface area (TPSA) is 29.0 Å². The van der Waals surface area contributed by atoms with Gasteiger partial charge in [0, 0.05) is 24.3 Å². The van der Waals surface area contributed by atoms with E-state index in [1.54, 1.807) is 6.33 Å². The van der Waals surface area contributed by atoms with E-state index in [-0.39, 0.29) is 5.38 Å². The molecule has 3 rings (SSSR count). The van der Waals surface area contributed by atoms with E-state index >= 15 is 0 Å². The first kappa shape index (κ1) is 12.2. The molecule has 1 aromatic rings. The number of hydrogen-bond donors (Lipinski definition) is 0. The summed E-state index contributed by atoms with van der Waals surface area (Å²) >= 11 is 6.41. The third kappa shape index (κ3) is 2.20. The summed E-state index contributed by atoms with van der Waals surface area (Å²) in [7, 11) is 0. The van der Waals surface area contributed by atoms with Crippen LogP contribution in [0.1, 0.15) is 37.4 Å². The van der Waals surface area contributed by atoms with E-state index in [1.165, 1.54) is 24.1 Å². The van der Waals surface area contributed by atoms with E-state index in [4.69, 9.17) is 11.6 Å². The molecule has 18 heavy (non-hydrogen) atoms. The van der Waals surface area contributed by atoms with Gasteiger partial charge in [-0.25, -0.2) is 9.97 Å². The highest BCUT2D eigenvalue weighted by Gasteiger charge is 2.27. The standard InChI is InChI=1S/C14H20ClN3/c1-10-6-7-18(8-12(10)15)14-11-4-2-3-5-13(11)16-9-17-14/h9-10,12H,2-8H2,1H3. The number of fused-ring (bicyclic) bond motifs is 1. The molecule has 98 valence electrons. The lowest BCUT2D eigenvalue weighted by molar-refractivity contribution is 0.442. The number of nitrogens with zero attached hydrogens (tertiary/aromatic N) is 3. The summed E-state index contributed by atoms with van der Waals surface area (Å²) in [4.78, 5) is 11.3. The number of anilines is 1. The molecule has 2 unspecified atom stereocenters. The molecule has 2 aliphatic rings. The Morgan fingerprint density at radius 3 is 2.94 bits per heavy atom. The smallest absolute Gasteiger partial charge is 0.135 e. The van der Waals surface area contributed by atoms with E-state index in [0.29, 0.717) is 5.92 Å². The summed E-state index contributed by atoms with van der Waals surface area (Å²) in [6.45, 7) is 4.24. The summed E-state index contributed by atoms with van der Waals surface area (Å²) in [6.07, 6.45) is 7.65. The van der Waals surface area contributed by atoms with Crippen LogP contribution in [-0.4, -0.2) is 28.4 Å². The summed E-state index contributed by atoms with van der Waals surface area (Å²) in [6, 6.07) is 0. The zero-order valence-corrected chi connectivity index (χ0v) is 11.7. The van der Waals surface area contributed by atoms with E-state index in [2.05, 4.69) is 21.8 Å². The molecule has 0 aromatic carbocycles. The number of hydrogen-bond acceptors (Lipinski definition) is 3. The van der Waals surface area contributed by atoms with Crippen LogP contribution in [0, 0.1) is 5.92 Å². The maximum Gasteiger partial charge on any atom is 0.135 e. The first-order valence-corrected chi connectivity index (χ1v) is 7.41. The van der Waals surface area contributed by atoms with Crippen molar-refractivity contribution in [3.8, 4) is 0 Å². The van der Waals surface area contributed by atoms with Crippen LogP contribution in [0.4, 0.5) is 5.82 Å². The van der Waals surface area contributed by atoms with Crippen molar-refractivity contribution in [3.63, 3.8) is 0 Å². The quantitative estimate of drug-likeness (QED) is 0.731. The summed E-state index contributed by atoms with van der Waals surface area (Å²) in [5.41, 5.74) is 2.64. The lowest BCUT2D eigenvalue weighted by Crippen LogP contribution is -2.41. The van der Waals surface area contributed by atoms with Crippen LogP contribution in [0.3, 0.4) is 0 Å². The van der Waals surface area contributed by atoms with Crippen molar-refractivity contribution in [2.75, 3.05) is 18.0 Å². The minimum Gasteiger partial charge on any atom is -0.355 e. The number of rotatable bonds is 1. The number of piperidine rings is 1. The zero-order chi connectivity index (χ0) is 12.5. The van der Waals surface area contributed by atoms with Crippen LogP contribution in [0.15, 0.2) is 6.33 Å². The predicted molar refractivity (Wildman–Crippen MR) is 74.3 cm³/mol. The largest absolute Gasteiger partial charge is 0.355 e. The van der Waals surface area contributed by atoms with Crippen LogP contribution < -0.4 is 4.90 Å². The van der Waals surface area contributed by atoms with Crippen molar-refractivity contribution in [1.29, 1.82) is 0 Å². The molecule has 4 heteroatoms. The molecule has 1 aromatic heterocycles. The van der Waals surface area contributed by atoms with Crippen molar-refractivity contribution in [2.24, 2.45) is 5.92 Å². The maximum absolute atomic E-state index is 6.41. The normalized spacial score (nSPS) is 28.0. The van der Waals surface area contributed by atoms with Crippen molar-refractivity contribution in [3.05, 3.63) is 17.6 Å². The van der Waals surface area contributed by atoms with E-state index in [1.807, 2.05) is 0 Å². The second-order valence-corrected chi connectivity index (χ2v) is 6.12. The zero-order valence-electron chi connectivity index (χ0n) is 10.9. The van der Waals surface area contributed by atoms with E-state index < -0.39 is 0 Å². The third-order valence-electron chi connectivity index (χ3n) is 4.27. The molecule has 0 N–H and O–H groups in total. The lowest BCUT2D eigenvalue weighted by Gasteiger charge is -2.36. The molecule has 1 fully saturated rings. The lowest BCUT2D eigenvalue weighted by atomic mass is 9.94. The van der Waals surface area contributed by atoms with Crippen LogP contribution in [0.2, 0.25) is 0 Å². The highest BCUT2D eigenvalue weighted by Crippen LogP contribution is 2.31. The third-order valence-corrected chi connectivity index (χ3v) is 4.84. The Bertz CT molecular complexity index is 435. The Kier molecular flexibility index (Phi) is 3.42. The number of aryl methyl sites for hydroxylation is 1. The van der Waals surface area contributed by atoms with Gasteiger partial charge in [-0.3, -0.25) is 0 Å². The average Bonchev–Trinajstić information content (AvgIpc) is 2.41. The molecular formula is C14H20ClN3. The first-order chi connectivity index (χ1) is 8.75. The van der Waals surface area contributed by atoms with Crippen LogP contribution >= 0.6 is 11.6 Å². The molecule has 0 amide bonds. The van der Waals surface area contributed by atoms with Crippen LogP contribution in [0.25, 0.3) is 0 Å². The minimum absolute atomic E-state index is 0.243. The molecule has 0 saturated carbocycles. The molecule has 0 bridgehead atoms. The highest BCUT2D eigenvalue weighted by atomic mass is 35.5. The minimum atomic E-state index is 0.243. The monoisotopic (exact) mass is 265 g/mol. The van der Waals surface area contributed by atoms with Crippen LogP contribution in [-0.2, 0) is 12.8 Å². The van der Waals surface area contributed by atoms with E-state index in [0.717, 1.165) is 38.2 Å². The molecule has 0 radical (unpaired) electrons. The second-order valence-electron chi connectivity index (χ2n) is 5.56.